The van der Waals surface area contributed by atoms with E-state index in [2.05, 4.69) is 20.9 Å². The van der Waals surface area contributed by atoms with E-state index in [0.717, 1.165) is 21.3 Å². The average Bonchev–Trinajstić information content (AvgIpc) is 2.39. The van der Waals surface area contributed by atoms with Crippen molar-refractivity contribution in [1.29, 1.82) is 0 Å². The predicted molar refractivity (Wildman–Crippen MR) is 77.2 cm³/mol. The van der Waals surface area contributed by atoms with Gasteiger partial charge in [0.05, 0.1) is 5.92 Å². The van der Waals surface area contributed by atoms with E-state index in [9.17, 15) is 9.90 Å². The number of carboxylic acids is 1. The molecule has 2 aromatic rings. The summed E-state index contributed by atoms with van der Waals surface area (Å²) >= 11 is 3.35. The normalized spacial score (nSPS) is 12.1. The molecule has 3 nitrogen and oxygen atoms in total. The second kappa shape index (κ2) is 5.97. The molecule has 0 spiro atoms. The highest BCUT2D eigenvalue weighted by Gasteiger charge is 2.21. The number of carbonyl (C=O) groups is 1. The molecular formula is C15H14BrNO2. The second-order valence-corrected chi connectivity index (χ2v) is 5.33. The molecule has 4 heteroatoms. The molecule has 0 saturated heterocycles. The van der Waals surface area contributed by atoms with Gasteiger partial charge in [0.2, 0.25) is 0 Å². The van der Waals surface area contributed by atoms with Crippen molar-refractivity contribution >= 4 is 21.9 Å². The average molecular weight is 320 g/mol. The Morgan fingerprint density at radius 3 is 2.58 bits per heavy atom. The Morgan fingerprint density at radius 2 is 2.00 bits per heavy atom. The van der Waals surface area contributed by atoms with Crippen molar-refractivity contribution in [1.82, 2.24) is 4.98 Å². The summed E-state index contributed by atoms with van der Waals surface area (Å²) in [5.41, 5.74) is 2.64. The molecule has 1 heterocycles. The molecule has 1 aromatic heterocycles. The second-order valence-electron chi connectivity index (χ2n) is 4.41. The summed E-state index contributed by atoms with van der Waals surface area (Å²) in [7, 11) is 0. The first-order valence-corrected chi connectivity index (χ1v) is 6.76. The largest absolute Gasteiger partial charge is 0.481 e. The highest BCUT2D eigenvalue weighted by molar-refractivity contribution is 9.10. The van der Waals surface area contributed by atoms with Crippen molar-refractivity contribution in [3.05, 3.63) is 63.9 Å². The number of hydrogen-bond donors (Lipinski definition) is 1. The molecule has 0 saturated carbocycles. The first-order valence-electron chi connectivity index (χ1n) is 5.96. The van der Waals surface area contributed by atoms with Crippen LogP contribution >= 0.6 is 15.9 Å². The standard InChI is InChI=1S/C15H14BrNO2/c1-10-3-2-8-17-14(10)9-13(15(18)19)11-4-6-12(16)7-5-11/h2-8,13H,9H2,1H3,(H,18,19). The smallest absolute Gasteiger partial charge is 0.311 e. The van der Waals surface area contributed by atoms with Crippen molar-refractivity contribution in [3.63, 3.8) is 0 Å². The minimum Gasteiger partial charge on any atom is -0.481 e. The maximum atomic E-state index is 11.5. The summed E-state index contributed by atoms with van der Waals surface area (Å²) in [6.07, 6.45) is 2.10. The fourth-order valence-corrected chi connectivity index (χ4v) is 2.23. The number of pyridine rings is 1. The third-order valence-corrected chi connectivity index (χ3v) is 3.61. The third kappa shape index (κ3) is 3.41. The summed E-state index contributed by atoms with van der Waals surface area (Å²) in [6.45, 7) is 1.95. The van der Waals surface area contributed by atoms with Crippen LogP contribution in [0.25, 0.3) is 0 Å². The quantitative estimate of drug-likeness (QED) is 0.937. The van der Waals surface area contributed by atoms with Gasteiger partial charge in [-0.3, -0.25) is 9.78 Å². The SMILES string of the molecule is Cc1cccnc1CC(C(=O)O)c1ccc(Br)cc1. The number of hydrogen-bond acceptors (Lipinski definition) is 2. The highest BCUT2D eigenvalue weighted by Crippen LogP contribution is 2.23. The molecule has 1 N–H and O–H groups in total. The molecule has 0 bridgehead atoms. The molecule has 0 aliphatic rings. The summed E-state index contributed by atoms with van der Waals surface area (Å²) < 4.78 is 0.939. The zero-order valence-corrected chi connectivity index (χ0v) is 12.1. The van der Waals surface area contributed by atoms with E-state index in [-0.39, 0.29) is 0 Å². The summed E-state index contributed by atoms with van der Waals surface area (Å²) in [6, 6.07) is 11.2. The molecule has 2 rings (SSSR count). The van der Waals surface area contributed by atoms with E-state index in [1.165, 1.54) is 0 Å². The summed E-state index contributed by atoms with van der Waals surface area (Å²) in [5.74, 6) is -1.39. The fraction of sp³-hybridized carbons (Fsp3) is 0.200. The van der Waals surface area contributed by atoms with E-state index < -0.39 is 11.9 Å². The van der Waals surface area contributed by atoms with Gasteiger partial charge in [-0.25, -0.2) is 0 Å². The van der Waals surface area contributed by atoms with Crippen LogP contribution in [-0.4, -0.2) is 16.1 Å². The van der Waals surface area contributed by atoms with Gasteiger partial charge in [-0.05, 0) is 36.2 Å². The molecule has 1 aromatic carbocycles. The molecule has 1 unspecified atom stereocenters. The van der Waals surface area contributed by atoms with Crippen molar-refractivity contribution in [3.8, 4) is 0 Å². The molecular weight excluding hydrogens is 306 g/mol. The molecule has 98 valence electrons. The lowest BCUT2D eigenvalue weighted by molar-refractivity contribution is -0.138. The van der Waals surface area contributed by atoms with Gasteiger partial charge in [-0.2, -0.15) is 0 Å². The molecule has 0 radical (unpaired) electrons. The first-order chi connectivity index (χ1) is 9.08. The number of aromatic nitrogens is 1. The molecule has 0 aliphatic carbocycles. The zero-order valence-electron chi connectivity index (χ0n) is 10.5. The Kier molecular flexibility index (Phi) is 4.32. The van der Waals surface area contributed by atoms with Gasteiger partial charge in [0.15, 0.2) is 0 Å². The van der Waals surface area contributed by atoms with Crippen LogP contribution in [0.1, 0.15) is 22.7 Å². The van der Waals surface area contributed by atoms with Crippen molar-refractivity contribution in [2.45, 2.75) is 19.3 Å². The van der Waals surface area contributed by atoms with Crippen LogP contribution < -0.4 is 0 Å². The van der Waals surface area contributed by atoms with Crippen LogP contribution in [0.5, 0.6) is 0 Å². The Morgan fingerprint density at radius 1 is 1.32 bits per heavy atom. The van der Waals surface area contributed by atoms with Gasteiger partial charge in [0, 0.05) is 22.8 Å². The number of halogens is 1. The topological polar surface area (TPSA) is 50.2 Å². The molecule has 19 heavy (non-hydrogen) atoms. The zero-order chi connectivity index (χ0) is 13.8. The minimum absolute atomic E-state index is 0.406. The molecule has 0 fully saturated rings. The molecule has 1 atom stereocenters. The van der Waals surface area contributed by atoms with E-state index in [0.29, 0.717) is 6.42 Å². The van der Waals surface area contributed by atoms with Gasteiger partial charge in [0.25, 0.3) is 0 Å². The molecule has 0 amide bonds. The van der Waals surface area contributed by atoms with Gasteiger partial charge in [-0.1, -0.05) is 34.1 Å². The van der Waals surface area contributed by atoms with Gasteiger partial charge >= 0.3 is 5.97 Å². The van der Waals surface area contributed by atoms with Crippen LogP contribution in [0.3, 0.4) is 0 Å². The summed E-state index contributed by atoms with van der Waals surface area (Å²) in [5, 5.41) is 9.41. The van der Waals surface area contributed by atoms with Gasteiger partial charge in [0.1, 0.15) is 0 Å². The number of benzene rings is 1. The van der Waals surface area contributed by atoms with Crippen molar-refractivity contribution in [2.24, 2.45) is 0 Å². The van der Waals surface area contributed by atoms with E-state index in [1.807, 2.05) is 43.3 Å². The Balaban J connectivity index is 2.29. The van der Waals surface area contributed by atoms with Crippen LogP contribution in [0, 0.1) is 6.92 Å². The monoisotopic (exact) mass is 319 g/mol. The van der Waals surface area contributed by atoms with E-state index >= 15 is 0 Å². The van der Waals surface area contributed by atoms with E-state index in [1.54, 1.807) is 6.20 Å². The number of nitrogens with zero attached hydrogens (tertiary/aromatic N) is 1. The van der Waals surface area contributed by atoms with Crippen LogP contribution in [0.4, 0.5) is 0 Å². The Bertz CT molecular complexity index is 581. The molecule has 0 aliphatic heterocycles. The maximum Gasteiger partial charge on any atom is 0.311 e. The fourth-order valence-electron chi connectivity index (χ4n) is 1.97. The number of carboxylic acid groups (broad SMARTS) is 1. The van der Waals surface area contributed by atoms with Crippen molar-refractivity contribution in [2.75, 3.05) is 0 Å². The maximum absolute atomic E-state index is 11.5. The first kappa shape index (κ1) is 13.7. The third-order valence-electron chi connectivity index (χ3n) is 3.09. The van der Waals surface area contributed by atoms with Crippen LogP contribution in [-0.2, 0) is 11.2 Å². The number of aryl methyl sites for hydroxylation is 1. The van der Waals surface area contributed by atoms with Gasteiger partial charge < -0.3 is 5.11 Å². The number of rotatable bonds is 4. The lowest BCUT2D eigenvalue weighted by Gasteiger charge is -2.13. The number of aliphatic carboxylic acids is 1. The lowest BCUT2D eigenvalue weighted by Crippen LogP contribution is -2.15. The Hall–Kier alpha value is -1.68. The van der Waals surface area contributed by atoms with Gasteiger partial charge in [-0.15, -0.1) is 0 Å². The highest BCUT2D eigenvalue weighted by atomic mass is 79.9. The Labute approximate surface area is 120 Å². The van der Waals surface area contributed by atoms with Crippen molar-refractivity contribution < 1.29 is 9.90 Å². The predicted octanol–water partition coefficient (Wildman–Crippen LogP) is 3.56. The van der Waals surface area contributed by atoms with Crippen LogP contribution in [0.15, 0.2) is 47.1 Å². The van der Waals surface area contributed by atoms with E-state index in [4.69, 9.17) is 0 Å². The summed E-state index contributed by atoms with van der Waals surface area (Å²) in [4.78, 5) is 15.7. The lowest BCUT2D eigenvalue weighted by atomic mass is 9.93. The van der Waals surface area contributed by atoms with Crippen LogP contribution in [0.2, 0.25) is 0 Å². The minimum atomic E-state index is -0.827.